The SMILES string of the molecule is CC(COCCOCCNC(=O)OC1CC/C=C/CCC1)OCCOCCNC(=O)OC1CC/C=C/CCC1. The molecule has 3 unspecified atom stereocenters. The molecule has 0 aliphatic heterocycles. The van der Waals surface area contributed by atoms with E-state index in [2.05, 4.69) is 34.9 Å². The van der Waals surface area contributed by atoms with E-state index < -0.39 is 0 Å². The second kappa shape index (κ2) is 22.7. The van der Waals surface area contributed by atoms with Crippen LogP contribution in [0.2, 0.25) is 0 Å². The molecule has 0 bridgehead atoms. The summed E-state index contributed by atoms with van der Waals surface area (Å²) in [6, 6.07) is 0. The molecule has 0 saturated carbocycles. The number of rotatable bonds is 17. The highest BCUT2D eigenvalue weighted by molar-refractivity contribution is 5.67. The normalized spacial score (nSPS) is 22.3. The lowest BCUT2D eigenvalue weighted by Crippen LogP contribution is -2.32. The van der Waals surface area contributed by atoms with Crippen molar-refractivity contribution in [3.8, 4) is 0 Å². The van der Waals surface area contributed by atoms with Crippen LogP contribution in [0.4, 0.5) is 9.59 Å². The van der Waals surface area contributed by atoms with Crippen molar-refractivity contribution in [1.29, 1.82) is 0 Å². The van der Waals surface area contributed by atoms with Crippen LogP contribution >= 0.6 is 0 Å². The Bertz CT molecular complexity index is 703. The van der Waals surface area contributed by atoms with Crippen LogP contribution in [0.25, 0.3) is 0 Å². The summed E-state index contributed by atoms with van der Waals surface area (Å²) in [5.41, 5.74) is 0. The molecule has 2 rings (SSSR count). The Morgan fingerprint density at radius 2 is 1.15 bits per heavy atom. The van der Waals surface area contributed by atoms with Crippen molar-refractivity contribution in [2.24, 2.45) is 0 Å². The number of hydrogen-bond acceptors (Lipinski definition) is 8. The maximum atomic E-state index is 11.9. The molecule has 0 aromatic rings. The van der Waals surface area contributed by atoms with Crippen LogP contribution in [0.3, 0.4) is 0 Å². The number of ether oxygens (including phenoxy) is 6. The Labute approximate surface area is 234 Å². The molecule has 2 amide bonds. The Balaban J connectivity index is 1.32. The van der Waals surface area contributed by atoms with Gasteiger partial charge in [0.05, 0.1) is 52.4 Å². The molecule has 2 aliphatic rings. The Morgan fingerprint density at radius 1 is 0.667 bits per heavy atom. The molecule has 0 fully saturated rings. The number of alkyl carbamates (subject to hydrolysis) is 2. The zero-order chi connectivity index (χ0) is 27.8. The maximum absolute atomic E-state index is 11.9. The van der Waals surface area contributed by atoms with Crippen molar-refractivity contribution in [3.63, 3.8) is 0 Å². The largest absolute Gasteiger partial charge is 0.446 e. The van der Waals surface area contributed by atoms with E-state index in [0.717, 1.165) is 64.2 Å². The van der Waals surface area contributed by atoms with Crippen LogP contribution in [0, 0.1) is 0 Å². The zero-order valence-corrected chi connectivity index (χ0v) is 23.7. The van der Waals surface area contributed by atoms with E-state index in [1.807, 2.05) is 6.92 Å². The van der Waals surface area contributed by atoms with E-state index in [4.69, 9.17) is 28.4 Å². The van der Waals surface area contributed by atoms with Gasteiger partial charge in [0.1, 0.15) is 12.2 Å². The Hall–Kier alpha value is -2.14. The predicted molar refractivity (Wildman–Crippen MR) is 149 cm³/mol. The molecule has 0 aromatic carbocycles. The van der Waals surface area contributed by atoms with Gasteiger partial charge < -0.3 is 39.1 Å². The minimum absolute atomic E-state index is 0.00806. The first-order valence-electron chi connectivity index (χ1n) is 14.7. The predicted octanol–water partition coefficient (Wildman–Crippen LogP) is 4.67. The molecular formula is C29H50N2O8. The Morgan fingerprint density at radius 3 is 1.72 bits per heavy atom. The van der Waals surface area contributed by atoms with Gasteiger partial charge in [-0.1, -0.05) is 24.3 Å². The second-order valence-electron chi connectivity index (χ2n) is 9.85. The van der Waals surface area contributed by atoms with Crippen LogP contribution in [0.1, 0.15) is 71.1 Å². The fourth-order valence-corrected chi connectivity index (χ4v) is 4.25. The third-order valence-electron chi connectivity index (χ3n) is 6.37. The van der Waals surface area contributed by atoms with E-state index in [1.54, 1.807) is 0 Å². The van der Waals surface area contributed by atoms with Crippen molar-refractivity contribution < 1.29 is 38.0 Å². The number of amides is 2. The van der Waals surface area contributed by atoms with Gasteiger partial charge in [0.15, 0.2) is 0 Å². The monoisotopic (exact) mass is 554 g/mol. The first kappa shape index (κ1) is 33.1. The fraction of sp³-hybridized carbons (Fsp3) is 0.793. The molecule has 0 heterocycles. The molecule has 10 nitrogen and oxygen atoms in total. The minimum atomic E-state index is -0.378. The number of hydrogen-bond donors (Lipinski definition) is 2. The minimum Gasteiger partial charge on any atom is -0.446 e. The van der Waals surface area contributed by atoms with Gasteiger partial charge in [-0.15, -0.1) is 0 Å². The molecule has 0 saturated heterocycles. The summed E-state index contributed by atoms with van der Waals surface area (Å²) in [7, 11) is 0. The van der Waals surface area contributed by atoms with Crippen molar-refractivity contribution in [2.75, 3.05) is 59.3 Å². The lowest BCUT2D eigenvalue weighted by Gasteiger charge is -2.18. The topological polar surface area (TPSA) is 114 Å². The van der Waals surface area contributed by atoms with Crippen molar-refractivity contribution in [2.45, 2.75) is 89.4 Å². The van der Waals surface area contributed by atoms with Crippen LogP contribution < -0.4 is 10.6 Å². The molecule has 39 heavy (non-hydrogen) atoms. The van der Waals surface area contributed by atoms with Crippen LogP contribution in [0.5, 0.6) is 0 Å². The van der Waals surface area contributed by atoms with E-state index in [9.17, 15) is 9.59 Å². The third kappa shape index (κ3) is 18.7. The molecule has 2 aliphatic carbocycles. The highest BCUT2D eigenvalue weighted by atomic mass is 16.6. The highest BCUT2D eigenvalue weighted by Crippen LogP contribution is 2.16. The smallest absolute Gasteiger partial charge is 0.407 e. The first-order chi connectivity index (χ1) is 19.1. The molecule has 0 aromatic heterocycles. The summed E-state index contributed by atoms with van der Waals surface area (Å²) >= 11 is 0. The number of carbonyl (C=O) groups excluding carboxylic acids is 2. The molecule has 0 radical (unpaired) electrons. The summed E-state index contributed by atoms with van der Waals surface area (Å²) < 4.78 is 33.2. The standard InChI is InChI=1S/C29H50N2O8/c1-25(37-23-22-35-19-17-31-29(33)39-27-14-10-6-3-7-11-15-27)24-36-21-20-34-18-16-30-28(32)38-26-12-8-4-2-5-9-13-26/h2-4,6,25-27H,5,7-24H2,1H3,(H,30,32)(H,31,33)/b4-2+,6-3+. The molecule has 2 N–H and O–H groups in total. The summed E-state index contributed by atoms with van der Waals surface area (Å²) in [4.78, 5) is 23.8. The van der Waals surface area contributed by atoms with E-state index >= 15 is 0 Å². The second-order valence-corrected chi connectivity index (χ2v) is 9.85. The zero-order valence-electron chi connectivity index (χ0n) is 23.7. The molecule has 224 valence electrons. The summed E-state index contributed by atoms with van der Waals surface area (Å²) in [6.07, 6.45) is 17.5. The van der Waals surface area contributed by atoms with Crippen LogP contribution in [-0.2, 0) is 28.4 Å². The number of carbonyl (C=O) groups is 2. The summed E-state index contributed by atoms with van der Waals surface area (Å²) in [6.45, 7) is 5.77. The first-order valence-corrected chi connectivity index (χ1v) is 14.7. The number of nitrogens with one attached hydrogen (secondary N) is 2. The van der Waals surface area contributed by atoms with Crippen molar-refractivity contribution >= 4 is 12.2 Å². The Kier molecular flexibility index (Phi) is 19.2. The third-order valence-corrected chi connectivity index (χ3v) is 6.37. The number of allylic oxidation sites excluding steroid dienone is 4. The van der Waals surface area contributed by atoms with Gasteiger partial charge in [-0.05, 0) is 71.1 Å². The lowest BCUT2D eigenvalue weighted by molar-refractivity contribution is -0.0393. The van der Waals surface area contributed by atoms with Gasteiger partial charge in [-0.25, -0.2) is 9.59 Å². The molecule has 0 spiro atoms. The molecule has 10 heteroatoms. The average Bonchev–Trinajstić information content (AvgIpc) is 2.88. The van der Waals surface area contributed by atoms with Crippen LogP contribution in [0.15, 0.2) is 24.3 Å². The van der Waals surface area contributed by atoms with E-state index in [-0.39, 0.29) is 30.5 Å². The van der Waals surface area contributed by atoms with E-state index in [0.29, 0.717) is 59.3 Å². The maximum Gasteiger partial charge on any atom is 0.407 e. The van der Waals surface area contributed by atoms with Crippen LogP contribution in [-0.4, -0.2) is 89.8 Å². The summed E-state index contributed by atoms with van der Waals surface area (Å²) in [5, 5.41) is 5.48. The molecule has 3 atom stereocenters. The molecular weight excluding hydrogens is 504 g/mol. The van der Waals surface area contributed by atoms with Gasteiger partial charge in [-0.2, -0.15) is 0 Å². The van der Waals surface area contributed by atoms with Crippen molar-refractivity contribution in [1.82, 2.24) is 10.6 Å². The summed E-state index contributed by atoms with van der Waals surface area (Å²) in [5.74, 6) is 0. The highest BCUT2D eigenvalue weighted by Gasteiger charge is 2.15. The van der Waals surface area contributed by atoms with Gasteiger partial charge >= 0.3 is 12.2 Å². The van der Waals surface area contributed by atoms with Gasteiger partial charge in [0, 0.05) is 13.1 Å². The van der Waals surface area contributed by atoms with Gasteiger partial charge in [0.2, 0.25) is 0 Å². The van der Waals surface area contributed by atoms with Gasteiger partial charge in [-0.3, -0.25) is 0 Å². The van der Waals surface area contributed by atoms with Crippen molar-refractivity contribution in [3.05, 3.63) is 24.3 Å². The average molecular weight is 555 g/mol. The quantitative estimate of drug-likeness (QED) is 0.197. The van der Waals surface area contributed by atoms with E-state index in [1.165, 1.54) is 0 Å². The van der Waals surface area contributed by atoms with Gasteiger partial charge in [0.25, 0.3) is 0 Å². The fourth-order valence-electron chi connectivity index (χ4n) is 4.25. The lowest BCUT2D eigenvalue weighted by atomic mass is 10.0.